The van der Waals surface area contributed by atoms with Gasteiger partial charge in [0.05, 0.1) is 5.75 Å². The van der Waals surface area contributed by atoms with E-state index < -0.39 is 9.84 Å². The number of hydrogen-bond donors (Lipinski definition) is 0. The van der Waals surface area contributed by atoms with Crippen LogP contribution in [0.5, 0.6) is 0 Å². The summed E-state index contributed by atoms with van der Waals surface area (Å²) in [6.45, 7) is 3.22. The number of hydrogen-bond acceptors (Lipinski definition) is 3. The van der Waals surface area contributed by atoms with Crippen molar-refractivity contribution in [3.05, 3.63) is 0 Å². The van der Waals surface area contributed by atoms with E-state index in [1.807, 2.05) is 0 Å². The van der Waals surface area contributed by atoms with Gasteiger partial charge in [0.2, 0.25) is 0 Å². The lowest BCUT2D eigenvalue weighted by molar-refractivity contribution is -0.120. The van der Waals surface area contributed by atoms with Gasteiger partial charge < -0.3 is 0 Å². The van der Waals surface area contributed by atoms with Gasteiger partial charge in [-0.2, -0.15) is 0 Å². The summed E-state index contributed by atoms with van der Waals surface area (Å²) in [5.74, 6) is 0.0201. The number of carbonyl (C=O) groups is 1. The van der Waals surface area contributed by atoms with Crippen molar-refractivity contribution in [2.75, 3.05) is 12.0 Å². The van der Waals surface area contributed by atoms with Gasteiger partial charge in [-0.05, 0) is 13.3 Å². The quantitative estimate of drug-likeness (QED) is 0.635. The van der Waals surface area contributed by atoms with E-state index in [2.05, 4.69) is 0 Å². The first kappa shape index (κ1) is 10.6. The SMILES string of the molecule is CC(=O)C(C)CCS(C)(=O)=O. The Hall–Kier alpha value is -0.380. The molecule has 0 aliphatic rings. The Labute approximate surface area is 67.7 Å². The summed E-state index contributed by atoms with van der Waals surface area (Å²) >= 11 is 0. The van der Waals surface area contributed by atoms with Crippen molar-refractivity contribution in [3.8, 4) is 0 Å². The van der Waals surface area contributed by atoms with Gasteiger partial charge in [0.1, 0.15) is 15.6 Å². The van der Waals surface area contributed by atoms with Crippen LogP contribution in [-0.2, 0) is 14.6 Å². The molecule has 0 saturated heterocycles. The molecule has 1 unspecified atom stereocenters. The van der Waals surface area contributed by atoms with Crippen LogP contribution in [0.2, 0.25) is 0 Å². The molecule has 0 bridgehead atoms. The van der Waals surface area contributed by atoms with Gasteiger partial charge >= 0.3 is 0 Å². The lowest BCUT2D eigenvalue weighted by atomic mass is 10.1. The Bertz CT molecular complexity index is 228. The van der Waals surface area contributed by atoms with Gasteiger partial charge in [-0.3, -0.25) is 4.79 Å². The molecule has 0 spiro atoms. The van der Waals surface area contributed by atoms with E-state index in [9.17, 15) is 13.2 Å². The van der Waals surface area contributed by atoms with Crippen molar-refractivity contribution in [3.63, 3.8) is 0 Å². The number of sulfone groups is 1. The highest BCUT2D eigenvalue weighted by atomic mass is 32.2. The summed E-state index contributed by atoms with van der Waals surface area (Å²) in [5.41, 5.74) is 0. The average molecular weight is 178 g/mol. The standard InChI is InChI=1S/C7H14O3S/c1-6(7(2)8)4-5-11(3,9)10/h6H,4-5H2,1-3H3. The third-order valence-electron chi connectivity index (χ3n) is 1.62. The molecule has 0 amide bonds. The number of ketones is 1. The summed E-state index contributed by atoms with van der Waals surface area (Å²) in [5, 5.41) is 0. The minimum absolute atomic E-state index is 0.0497. The largest absolute Gasteiger partial charge is 0.300 e. The van der Waals surface area contributed by atoms with Crippen LogP contribution in [0.4, 0.5) is 0 Å². The first-order chi connectivity index (χ1) is 4.83. The highest BCUT2D eigenvalue weighted by Gasteiger charge is 2.10. The first-order valence-corrected chi connectivity index (χ1v) is 5.57. The Balaban J connectivity index is 3.82. The van der Waals surface area contributed by atoms with Crippen LogP contribution in [0.3, 0.4) is 0 Å². The van der Waals surface area contributed by atoms with Crippen LogP contribution < -0.4 is 0 Å². The molecule has 0 N–H and O–H groups in total. The second-order valence-corrected chi connectivity index (χ2v) is 5.19. The van der Waals surface area contributed by atoms with Gasteiger partial charge in [0, 0.05) is 12.2 Å². The number of rotatable bonds is 4. The third kappa shape index (κ3) is 6.04. The minimum atomic E-state index is -2.90. The van der Waals surface area contributed by atoms with Crippen molar-refractivity contribution in [2.24, 2.45) is 5.92 Å². The summed E-state index contributed by atoms with van der Waals surface area (Å²) in [6, 6.07) is 0. The van der Waals surface area contributed by atoms with Gasteiger partial charge in [-0.1, -0.05) is 6.92 Å². The number of Topliss-reactive ketones (excluding diaryl/α,β-unsaturated/α-hetero) is 1. The van der Waals surface area contributed by atoms with Crippen LogP contribution >= 0.6 is 0 Å². The van der Waals surface area contributed by atoms with Gasteiger partial charge in [0.15, 0.2) is 0 Å². The molecule has 11 heavy (non-hydrogen) atoms. The molecule has 0 radical (unpaired) electrons. The van der Waals surface area contributed by atoms with Crippen molar-refractivity contribution >= 4 is 15.6 Å². The van der Waals surface area contributed by atoms with E-state index in [0.29, 0.717) is 6.42 Å². The van der Waals surface area contributed by atoms with Crippen LogP contribution in [0.25, 0.3) is 0 Å². The van der Waals surface area contributed by atoms with E-state index in [1.54, 1.807) is 6.92 Å². The predicted molar refractivity (Wildman–Crippen MR) is 44.2 cm³/mol. The summed E-state index contributed by atoms with van der Waals surface area (Å²) in [6.07, 6.45) is 1.62. The molecule has 0 aliphatic heterocycles. The molecular formula is C7H14O3S. The molecule has 0 saturated carbocycles. The van der Waals surface area contributed by atoms with Gasteiger partial charge in [-0.15, -0.1) is 0 Å². The maximum atomic E-state index is 10.7. The lowest BCUT2D eigenvalue weighted by Gasteiger charge is -2.04. The zero-order valence-electron chi connectivity index (χ0n) is 7.12. The van der Waals surface area contributed by atoms with Crippen LogP contribution in [0, 0.1) is 5.92 Å². The predicted octanol–water partition coefficient (Wildman–Crippen LogP) is 0.646. The van der Waals surface area contributed by atoms with Gasteiger partial charge in [-0.25, -0.2) is 8.42 Å². The fourth-order valence-corrected chi connectivity index (χ4v) is 1.38. The molecule has 1 atom stereocenters. The van der Waals surface area contributed by atoms with Crippen LogP contribution in [-0.4, -0.2) is 26.2 Å². The maximum Gasteiger partial charge on any atom is 0.147 e. The summed E-state index contributed by atoms with van der Waals surface area (Å²) in [4.78, 5) is 10.7. The fourth-order valence-electron chi connectivity index (χ4n) is 0.594. The summed E-state index contributed by atoms with van der Waals surface area (Å²) < 4.78 is 21.3. The average Bonchev–Trinajstić information content (AvgIpc) is 1.80. The normalized spacial score (nSPS) is 14.5. The molecule has 0 heterocycles. The molecule has 0 rings (SSSR count). The maximum absolute atomic E-state index is 10.7. The molecule has 4 heteroatoms. The van der Waals surface area contributed by atoms with E-state index in [4.69, 9.17) is 0 Å². The van der Waals surface area contributed by atoms with Crippen LogP contribution in [0.1, 0.15) is 20.3 Å². The zero-order valence-corrected chi connectivity index (χ0v) is 7.94. The summed E-state index contributed by atoms with van der Waals surface area (Å²) in [7, 11) is -2.90. The molecule has 0 aromatic carbocycles. The highest BCUT2D eigenvalue weighted by Crippen LogP contribution is 2.04. The Morgan fingerprint density at radius 3 is 2.18 bits per heavy atom. The molecule has 3 nitrogen and oxygen atoms in total. The van der Waals surface area contributed by atoms with Crippen molar-refractivity contribution in [2.45, 2.75) is 20.3 Å². The minimum Gasteiger partial charge on any atom is -0.300 e. The Morgan fingerprint density at radius 1 is 1.45 bits per heavy atom. The van der Waals surface area contributed by atoms with E-state index in [1.165, 1.54) is 13.2 Å². The molecule has 0 fully saturated rings. The third-order valence-corrected chi connectivity index (χ3v) is 2.59. The lowest BCUT2D eigenvalue weighted by Crippen LogP contribution is -2.12. The van der Waals surface area contributed by atoms with Crippen LogP contribution in [0.15, 0.2) is 0 Å². The first-order valence-electron chi connectivity index (χ1n) is 3.51. The second-order valence-electron chi connectivity index (χ2n) is 2.93. The van der Waals surface area contributed by atoms with Crippen molar-refractivity contribution in [1.82, 2.24) is 0 Å². The zero-order chi connectivity index (χ0) is 9.07. The van der Waals surface area contributed by atoms with Crippen molar-refractivity contribution in [1.29, 1.82) is 0 Å². The molecule has 0 aliphatic carbocycles. The van der Waals surface area contributed by atoms with Gasteiger partial charge in [0.25, 0.3) is 0 Å². The second kappa shape index (κ2) is 3.85. The number of carbonyl (C=O) groups excluding carboxylic acids is 1. The van der Waals surface area contributed by atoms with Crippen molar-refractivity contribution < 1.29 is 13.2 Å². The monoisotopic (exact) mass is 178 g/mol. The molecular weight excluding hydrogens is 164 g/mol. The molecule has 0 aromatic heterocycles. The van der Waals surface area contributed by atoms with E-state index >= 15 is 0 Å². The Kier molecular flexibility index (Phi) is 3.72. The van der Waals surface area contributed by atoms with E-state index in [0.717, 1.165) is 0 Å². The highest BCUT2D eigenvalue weighted by molar-refractivity contribution is 7.90. The Morgan fingerprint density at radius 2 is 1.91 bits per heavy atom. The fraction of sp³-hybridized carbons (Fsp3) is 0.857. The topological polar surface area (TPSA) is 51.2 Å². The molecule has 0 aromatic rings. The van der Waals surface area contributed by atoms with E-state index in [-0.39, 0.29) is 17.5 Å². The molecule has 66 valence electrons. The smallest absolute Gasteiger partial charge is 0.147 e.